The van der Waals surface area contributed by atoms with Gasteiger partial charge in [0.1, 0.15) is 11.6 Å². The van der Waals surface area contributed by atoms with E-state index in [1.54, 1.807) is 12.1 Å². The van der Waals surface area contributed by atoms with Crippen LogP contribution in [0.5, 0.6) is 0 Å². The number of halogens is 1. The first-order valence-electron chi connectivity index (χ1n) is 6.39. The van der Waals surface area contributed by atoms with E-state index >= 15 is 0 Å². The van der Waals surface area contributed by atoms with Crippen LogP contribution in [0, 0.1) is 5.82 Å². The maximum absolute atomic E-state index is 12.9. The first-order chi connectivity index (χ1) is 9.22. The van der Waals surface area contributed by atoms with Gasteiger partial charge in [-0.1, -0.05) is 12.1 Å². The molecule has 0 spiro atoms. The van der Waals surface area contributed by atoms with E-state index < -0.39 is 0 Å². The number of H-pyrrole nitrogens is 1. The lowest BCUT2D eigenvalue weighted by molar-refractivity contribution is 0.295. The van der Waals surface area contributed by atoms with Crippen LogP contribution in [0.2, 0.25) is 0 Å². The van der Waals surface area contributed by atoms with Crippen LogP contribution in [0.1, 0.15) is 36.1 Å². The van der Waals surface area contributed by atoms with Gasteiger partial charge >= 0.3 is 0 Å². The smallest absolute Gasteiger partial charge is 0.280 e. The fraction of sp³-hybridized carbons (Fsp3) is 0.357. The fourth-order valence-corrected chi connectivity index (χ4v) is 2.62. The second-order valence-corrected chi connectivity index (χ2v) is 4.89. The number of aromatic nitrogens is 1. The van der Waals surface area contributed by atoms with Crippen LogP contribution in [0.25, 0.3) is 0 Å². The number of hydrogen-bond acceptors (Lipinski definition) is 3. The molecule has 4 nitrogen and oxygen atoms in total. The normalized spacial score (nSPS) is 23.4. The lowest BCUT2D eigenvalue weighted by Gasteiger charge is -2.29. The summed E-state index contributed by atoms with van der Waals surface area (Å²) in [4.78, 5) is 11.1. The minimum Gasteiger partial charge on any atom is -0.383 e. The van der Waals surface area contributed by atoms with Crippen LogP contribution in [0.4, 0.5) is 4.39 Å². The molecule has 2 unspecified atom stereocenters. The van der Waals surface area contributed by atoms with Crippen LogP contribution in [0.3, 0.4) is 0 Å². The Morgan fingerprint density at radius 2 is 2.05 bits per heavy atom. The van der Waals surface area contributed by atoms with Gasteiger partial charge < -0.3 is 9.84 Å². The number of rotatable bonds is 2. The number of aromatic amines is 1. The van der Waals surface area contributed by atoms with Crippen LogP contribution in [-0.4, -0.2) is 11.7 Å². The fourth-order valence-electron chi connectivity index (χ4n) is 2.62. The molecular weight excluding hydrogens is 247 g/mol. The highest BCUT2D eigenvalue weighted by molar-refractivity contribution is 5.21. The van der Waals surface area contributed by atoms with Gasteiger partial charge in [0.05, 0.1) is 0 Å². The van der Waals surface area contributed by atoms with Crippen LogP contribution in [-0.2, 0) is 0 Å². The summed E-state index contributed by atoms with van der Waals surface area (Å²) < 4.78 is 18.1. The van der Waals surface area contributed by atoms with Gasteiger partial charge in [0, 0.05) is 18.0 Å². The van der Waals surface area contributed by atoms with E-state index in [1.165, 1.54) is 18.2 Å². The maximum atomic E-state index is 12.9. The Hall–Kier alpha value is -1.88. The Kier molecular flexibility index (Phi) is 3.21. The summed E-state index contributed by atoms with van der Waals surface area (Å²) in [5.74, 6) is 0.696. The second-order valence-electron chi connectivity index (χ2n) is 4.89. The molecule has 1 aromatic carbocycles. The average molecular weight is 262 g/mol. The van der Waals surface area contributed by atoms with E-state index in [2.05, 4.69) is 10.5 Å². The SMILES string of the molecule is O=c1cc(C2CCNC(c3ccc(F)cc3)C2)o[nH]1. The van der Waals surface area contributed by atoms with E-state index in [0.717, 1.165) is 24.9 Å². The molecule has 1 saturated heterocycles. The van der Waals surface area contributed by atoms with Crippen molar-refractivity contribution >= 4 is 0 Å². The van der Waals surface area contributed by atoms with Gasteiger partial charge in [-0.15, -0.1) is 0 Å². The van der Waals surface area contributed by atoms with Crippen molar-refractivity contribution in [2.24, 2.45) is 0 Å². The summed E-state index contributed by atoms with van der Waals surface area (Å²) in [5, 5.41) is 5.74. The first-order valence-corrected chi connectivity index (χ1v) is 6.39. The predicted molar refractivity (Wildman–Crippen MR) is 68.4 cm³/mol. The molecule has 2 atom stereocenters. The van der Waals surface area contributed by atoms with Gasteiger partial charge in [0.25, 0.3) is 5.56 Å². The summed E-state index contributed by atoms with van der Waals surface area (Å²) in [6.45, 7) is 0.849. The molecule has 0 saturated carbocycles. The third kappa shape index (κ3) is 2.61. The van der Waals surface area contributed by atoms with Gasteiger partial charge in [0.2, 0.25) is 0 Å². The standard InChI is InChI=1S/C14H15FN2O2/c15-11-3-1-9(2-4-11)12-7-10(5-6-16-12)13-8-14(18)17-19-13/h1-4,8,10,12,16H,5-7H2,(H,17,18). The second kappa shape index (κ2) is 5.01. The molecule has 1 aromatic heterocycles. The lowest BCUT2D eigenvalue weighted by atomic mass is 9.87. The molecule has 2 aromatic rings. The molecule has 5 heteroatoms. The molecule has 0 aliphatic carbocycles. The van der Waals surface area contributed by atoms with Gasteiger partial charge in [-0.05, 0) is 37.1 Å². The number of benzene rings is 1. The quantitative estimate of drug-likeness (QED) is 0.873. The topological polar surface area (TPSA) is 58.0 Å². The zero-order chi connectivity index (χ0) is 13.2. The summed E-state index contributed by atoms with van der Waals surface area (Å²) in [6, 6.07) is 8.21. The zero-order valence-electron chi connectivity index (χ0n) is 10.4. The van der Waals surface area contributed by atoms with Crippen molar-refractivity contribution in [3.05, 3.63) is 57.8 Å². The minimum atomic E-state index is -0.229. The molecule has 19 heavy (non-hydrogen) atoms. The van der Waals surface area contributed by atoms with Crippen LogP contribution >= 0.6 is 0 Å². The van der Waals surface area contributed by atoms with Crippen molar-refractivity contribution in [3.63, 3.8) is 0 Å². The maximum Gasteiger partial charge on any atom is 0.280 e. The zero-order valence-corrected chi connectivity index (χ0v) is 10.4. The highest BCUT2D eigenvalue weighted by Gasteiger charge is 2.26. The predicted octanol–water partition coefficient (Wildman–Crippen LogP) is 2.32. The summed E-state index contributed by atoms with van der Waals surface area (Å²) in [5.41, 5.74) is 0.857. The molecule has 2 N–H and O–H groups in total. The number of nitrogens with one attached hydrogen (secondary N) is 2. The van der Waals surface area contributed by atoms with Crippen molar-refractivity contribution < 1.29 is 8.91 Å². The summed E-state index contributed by atoms with van der Waals surface area (Å²) in [7, 11) is 0. The molecule has 1 fully saturated rings. The molecule has 0 bridgehead atoms. The van der Waals surface area contributed by atoms with E-state index in [4.69, 9.17) is 4.52 Å². The third-order valence-electron chi connectivity index (χ3n) is 3.62. The first kappa shape index (κ1) is 12.2. The lowest BCUT2D eigenvalue weighted by Crippen LogP contribution is -2.30. The third-order valence-corrected chi connectivity index (χ3v) is 3.62. The van der Waals surface area contributed by atoms with E-state index in [0.29, 0.717) is 5.76 Å². The van der Waals surface area contributed by atoms with Crippen LogP contribution < -0.4 is 10.9 Å². The van der Waals surface area contributed by atoms with E-state index in [1.807, 2.05) is 0 Å². The molecule has 0 amide bonds. The van der Waals surface area contributed by atoms with Crippen molar-refractivity contribution in [1.29, 1.82) is 0 Å². The number of hydrogen-bond donors (Lipinski definition) is 2. The molecule has 2 heterocycles. The summed E-state index contributed by atoms with van der Waals surface area (Å²) in [6.07, 6.45) is 1.77. The van der Waals surface area contributed by atoms with E-state index in [-0.39, 0.29) is 23.3 Å². The average Bonchev–Trinajstić information content (AvgIpc) is 2.86. The van der Waals surface area contributed by atoms with Gasteiger partial charge in [-0.3, -0.25) is 4.79 Å². The molecular formula is C14H15FN2O2. The Bertz CT molecular complexity index is 602. The Labute approximate surface area is 109 Å². The van der Waals surface area contributed by atoms with E-state index in [9.17, 15) is 9.18 Å². The molecule has 0 radical (unpaired) electrons. The van der Waals surface area contributed by atoms with Gasteiger partial charge in [-0.25, -0.2) is 4.39 Å². The summed E-state index contributed by atoms with van der Waals surface area (Å²) >= 11 is 0. The van der Waals surface area contributed by atoms with Crippen molar-refractivity contribution in [2.45, 2.75) is 24.8 Å². The highest BCUT2D eigenvalue weighted by Crippen LogP contribution is 2.33. The minimum absolute atomic E-state index is 0.166. The Morgan fingerprint density at radius 1 is 1.26 bits per heavy atom. The van der Waals surface area contributed by atoms with Gasteiger partial charge in [0.15, 0.2) is 0 Å². The Balaban J connectivity index is 1.78. The monoisotopic (exact) mass is 262 g/mol. The van der Waals surface area contributed by atoms with Crippen molar-refractivity contribution in [2.75, 3.05) is 6.54 Å². The van der Waals surface area contributed by atoms with Crippen LogP contribution in [0.15, 0.2) is 39.6 Å². The molecule has 100 valence electrons. The van der Waals surface area contributed by atoms with Crippen molar-refractivity contribution in [3.8, 4) is 0 Å². The molecule has 1 aliphatic heterocycles. The molecule has 3 rings (SSSR count). The Morgan fingerprint density at radius 3 is 2.74 bits per heavy atom. The number of piperidine rings is 1. The highest BCUT2D eigenvalue weighted by atomic mass is 19.1. The van der Waals surface area contributed by atoms with Gasteiger partial charge in [-0.2, -0.15) is 5.16 Å². The van der Waals surface area contributed by atoms with Crippen molar-refractivity contribution in [1.82, 2.24) is 10.5 Å². The largest absolute Gasteiger partial charge is 0.383 e. The molecule has 1 aliphatic rings.